The van der Waals surface area contributed by atoms with Gasteiger partial charge in [-0.15, -0.1) is 0 Å². The molecule has 1 aromatic heterocycles. The van der Waals surface area contributed by atoms with E-state index < -0.39 is 10.0 Å². The van der Waals surface area contributed by atoms with Gasteiger partial charge in [0.25, 0.3) is 0 Å². The molecule has 1 aromatic carbocycles. The maximum atomic E-state index is 13.5. The molecule has 0 radical (unpaired) electrons. The van der Waals surface area contributed by atoms with Gasteiger partial charge in [-0.05, 0) is 69.1 Å². The zero-order valence-electron chi connectivity index (χ0n) is 15.4. The molecular weight excluding hydrogens is 348 g/mol. The molecule has 2 aliphatic heterocycles. The Bertz CT molecular complexity index is 930. The average Bonchev–Trinajstić information content (AvgIpc) is 2.65. The van der Waals surface area contributed by atoms with Crippen LogP contribution in [0.3, 0.4) is 0 Å². The fourth-order valence-electron chi connectivity index (χ4n) is 4.19. The molecule has 0 amide bonds. The van der Waals surface area contributed by atoms with Crippen LogP contribution in [0.1, 0.15) is 24.0 Å². The molecule has 0 unspecified atom stereocenters. The summed E-state index contributed by atoms with van der Waals surface area (Å²) in [4.78, 5) is 4.82. The van der Waals surface area contributed by atoms with Crippen molar-refractivity contribution in [2.24, 2.45) is 0 Å². The van der Waals surface area contributed by atoms with Gasteiger partial charge in [0.2, 0.25) is 10.0 Å². The Morgan fingerprint density at radius 1 is 1.19 bits per heavy atom. The van der Waals surface area contributed by atoms with Gasteiger partial charge in [0.15, 0.2) is 0 Å². The zero-order chi connectivity index (χ0) is 18.4. The monoisotopic (exact) mass is 374 g/mol. The molecule has 140 valence electrons. The van der Waals surface area contributed by atoms with Crippen molar-refractivity contribution in [3.63, 3.8) is 0 Å². The number of rotatable bonds is 2. The van der Waals surface area contributed by atoms with Crippen LogP contribution < -0.4 is 10.6 Å². The van der Waals surface area contributed by atoms with E-state index in [0.29, 0.717) is 29.9 Å². The first-order valence-electron chi connectivity index (χ1n) is 9.24. The molecule has 26 heavy (non-hydrogen) atoms. The topological polar surface area (TPSA) is 74.3 Å². The van der Waals surface area contributed by atoms with Crippen molar-refractivity contribution < 1.29 is 8.42 Å². The fraction of sp³-hybridized carbons (Fsp3) is 0.526. The summed E-state index contributed by atoms with van der Waals surface area (Å²) in [6.07, 6.45) is 3.63. The molecule has 2 fully saturated rings. The Kier molecular flexibility index (Phi) is 4.51. The minimum Gasteiger partial charge on any atom is -0.317 e. The van der Waals surface area contributed by atoms with E-state index in [1.54, 1.807) is 10.5 Å². The summed E-state index contributed by atoms with van der Waals surface area (Å²) in [6.45, 7) is 7.54. The Labute approximate surface area is 155 Å². The maximum Gasteiger partial charge on any atom is 0.243 e. The minimum atomic E-state index is -3.57. The van der Waals surface area contributed by atoms with Crippen LogP contribution in [0.4, 0.5) is 0 Å². The molecule has 4 rings (SSSR count). The highest BCUT2D eigenvalue weighted by atomic mass is 32.2. The molecule has 7 heteroatoms. The van der Waals surface area contributed by atoms with Gasteiger partial charge in [0.1, 0.15) is 0 Å². The quantitative estimate of drug-likeness (QED) is 0.835. The molecule has 0 atom stereocenters. The zero-order valence-corrected chi connectivity index (χ0v) is 16.2. The van der Waals surface area contributed by atoms with E-state index in [4.69, 9.17) is 0 Å². The number of aromatic nitrogens is 1. The van der Waals surface area contributed by atoms with Crippen LogP contribution in [0.25, 0.3) is 10.9 Å². The highest BCUT2D eigenvalue weighted by molar-refractivity contribution is 7.89. The predicted molar refractivity (Wildman–Crippen MR) is 103 cm³/mol. The number of piperidine rings is 1. The number of hydrogen-bond acceptors (Lipinski definition) is 5. The van der Waals surface area contributed by atoms with Crippen molar-refractivity contribution in [3.8, 4) is 0 Å². The summed E-state index contributed by atoms with van der Waals surface area (Å²) in [5, 5.41) is 7.67. The Morgan fingerprint density at radius 2 is 1.96 bits per heavy atom. The largest absolute Gasteiger partial charge is 0.317 e. The third-order valence-corrected chi connectivity index (χ3v) is 7.77. The normalized spacial score (nSPS) is 21.3. The lowest BCUT2D eigenvalue weighted by atomic mass is 9.87. The smallest absolute Gasteiger partial charge is 0.243 e. The van der Waals surface area contributed by atoms with Gasteiger partial charge in [-0.25, -0.2) is 8.42 Å². The van der Waals surface area contributed by atoms with Gasteiger partial charge in [0, 0.05) is 36.8 Å². The second-order valence-corrected chi connectivity index (χ2v) is 9.42. The maximum absolute atomic E-state index is 13.5. The van der Waals surface area contributed by atoms with Crippen LogP contribution in [0.2, 0.25) is 0 Å². The third kappa shape index (κ3) is 2.93. The summed E-state index contributed by atoms with van der Waals surface area (Å²) in [6, 6.07) is 5.48. The summed E-state index contributed by atoms with van der Waals surface area (Å²) >= 11 is 0. The lowest BCUT2D eigenvalue weighted by molar-refractivity contribution is 0.158. The summed E-state index contributed by atoms with van der Waals surface area (Å²) in [5.41, 5.74) is 2.67. The molecule has 2 aromatic rings. The van der Waals surface area contributed by atoms with Crippen LogP contribution in [0, 0.1) is 13.8 Å². The number of sulfonamides is 1. The van der Waals surface area contributed by atoms with E-state index in [1.807, 2.05) is 32.0 Å². The van der Waals surface area contributed by atoms with Crippen LogP contribution in [0.15, 0.2) is 29.3 Å². The molecule has 0 aliphatic carbocycles. The van der Waals surface area contributed by atoms with Gasteiger partial charge in [-0.1, -0.05) is 0 Å². The Balaban J connectivity index is 1.77. The number of aryl methyl sites for hydroxylation is 2. The average molecular weight is 375 g/mol. The molecule has 2 aliphatic rings. The predicted octanol–water partition coefficient (Wildman–Crippen LogP) is 1.57. The van der Waals surface area contributed by atoms with Crippen LogP contribution in [-0.4, -0.2) is 56.0 Å². The van der Waals surface area contributed by atoms with E-state index >= 15 is 0 Å². The van der Waals surface area contributed by atoms with Crippen LogP contribution >= 0.6 is 0 Å². The van der Waals surface area contributed by atoms with E-state index in [-0.39, 0.29) is 5.54 Å². The minimum absolute atomic E-state index is 0.107. The summed E-state index contributed by atoms with van der Waals surface area (Å²) in [5.74, 6) is 0. The molecule has 6 nitrogen and oxygen atoms in total. The van der Waals surface area contributed by atoms with Gasteiger partial charge in [0.05, 0.1) is 10.4 Å². The van der Waals surface area contributed by atoms with Gasteiger partial charge in [-0.3, -0.25) is 4.98 Å². The third-order valence-electron chi connectivity index (χ3n) is 5.89. The second kappa shape index (κ2) is 6.56. The number of pyridine rings is 1. The first-order chi connectivity index (χ1) is 12.4. The van der Waals surface area contributed by atoms with E-state index in [9.17, 15) is 8.42 Å². The first-order valence-corrected chi connectivity index (χ1v) is 10.7. The van der Waals surface area contributed by atoms with Crippen LogP contribution in [-0.2, 0) is 10.0 Å². The standard InChI is InChI=1S/C19H26N4O2S/c1-14-12-17(16-4-3-7-21-18(16)15(14)2)26(24,25)23-11-10-22-19(13-23)5-8-20-9-6-19/h3-4,7,12,20,22H,5-6,8-11,13H2,1-2H3. The Hall–Kier alpha value is -1.54. The molecular formula is C19H26N4O2S. The molecule has 0 saturated carbocycles. The van der Waals surface area contributed by atoms with Crippen molar-refractivity contribution in [2.75, 3.05) is 32.7 Å². The molecule has 2 N–H and O–H groups in total. The highest BCUT2D eigenvalue weighted by Gasteiger charge is 2.41. The van der Waals surface area contributed by atoms with Gasteiger partial charge >= 0.3 is 0 Å². The van der Waals surface area contributed by atoms with Crippen LogP contribution in [0.5, 0.6) is 0 Å². The van der Waals surface area contributed by atoms with Crippen molar-refractivity contribution in [3.05, 3.63) is 35.5 Å². The molecule has 3 heterocycles. The molecule has 2 saturated heterocycles. The van der Waals surface area contributed by atoms with E-state index in [0.717, 1.165) is 42.6 Å². The number of nitrogens with one attached hydrogen (secondary N) is 2. The SMILES string of the molecule is Cc1cc(S(=O)(=O)N2CCNC3(CCNCC3)C2)c2cccnc2c1C. The van der Waals surface area contributed by atoms with Crippen molar-refractivity contribution in [1.82, 2.24) is 19.9 Å². The van der Waals surface area contributed by atoms with Crippen molar-refractivity contribution in [2.45, 2.75) is 37.1 Å². The Morgan fingerprint density at radius 3 is 2.73 bits per heavy atom. The fourth-order valence-corrected chi connectivity index (χ4v) is 5.98. The second-order valence-electron chi connectivity index (χ2n) is 7.51. The number of hydrogen-bond donors (Lipinski definition) is 2. The first kappa shape index (κ1) is 17.9. The van der Waals surface area contributed by atoms with Gasteiger partial charge < -0.3 is 10.6 Å². The number of piperazine rings is 1. The van der Waals surface area contributed by atoms with E-state index in [2.05, 4.69) is 15.6 Å². The van der Waals surface area contributed by atoms with E-state index in [1.165, 1.54) is 0 Å². The van der Waals surface area contributed by atoms with Gasteiger partial charge in [-0.2, -0.15) is 4.31 Å². The number of fused-ring (bicyclic) bond motifs is 1. The van der Waals surface area contributed by atoms with Crippen molar-refractivity contribution >= 4 is 20.9 Å². The van der Waals surface area contributed by atoms with Crippen molar-refractivity contribution in [1.29, 1.82) is 0 Å². The highest BCUT2D eigenvalue weighted by Crippen LogP contribution is 2.32. The lowest BCUT2D eigenvalue weighted by Gasteiger charge is -2.45. The summed E-state index contributed by atoms with van der Waals surface area (Å²) < 4.78 is 28.8. The molecule has 0 bridgehead atoms. The summed E-state index contributed by atoms with van der Waals surface area (Å²) in [7, 11) is -3.57. The molecule has 1 spiro atoms. The number of nitrogens with zero attached hydrogens (tertiary/aromatic N) is 2. The lowest BCUT2D eigenvalue weighted by Crippen LogP contribution is -2.64. The number of benzene rings is 1.